The quantitative estimate of drug-likeness (QED) is 0.839. The smallest absolute Gasteiger partial charge is 0.169 e. The minimum absolute atomic E-state index is 0.168. The van der Waals surface area contributed by atoms with Crippen LogP contribution in [0.1, 0.15) is 50.1 Å². The molecule has 0 aromatic carbocycles. The standard InChI is InChI=1S/C16H25FN4S/c17-9-12-1-3-14(4-2-12)20-16(22)21-7-5-13(6-8-21)15-10-18-11-19-15/h10-14H,1-9H2,(H,18,19)(H,20,22). The monoisotopic (exact) mass is 324 g/mol. The molecular weight excluding hydrogens is 299 g/mol. The van der Waals surface area contributed by atoms with E-state index >= 15 is 0 Å². The van der Waals surface area contributed by atoms with Crippen molar-refractivity contribution in [3.05, 3.63) is 18.2 Å². The van der Waals surface area contributed by atoms with Crippen molar-refractivity contribution in [2.24, 2.45) is 5.92 Å². The Kier molecular flexibility index (Phi) is 5.28. The third-order valence-corrected chi connectivity index (χ3v) is 5.51. The van der Waals surface area contributed by atoms with Gasteiger partial charge in [-0.1, -0.05) is 0 Å². The summed E-state index contributed by atoms with van der Waals surface area (Å²) in [6.45, 7) is 1.82. The van der Waals surface area contributed by atoms with E-state index in [1.807, 2.05) is 6.20 Å². The van der Waals surface area contributed by atoms with Gasteiger partial charge in [-0.25, -0.2) is 4.98 Å². The molecule has 6 heteroatoms. The lowest BCUT2D eigenvalue weighted by Crippen LogP contribution is -2.48. The summed E-state index contributed by atoms with van der Waals surface area (Å²) in [7, 11) is 0. The van der Waals surface area contributed by atoms with Crippen LogP contribution in [0.2, 0.25) is 0 Å². The number of alkyl halides is 1. The SMILES string of the molecule is FCC1CCC(NC(=S)N2CCC(c3cnc[nH]3)CC2)CC1. The highest BCUT2D eigenvalue weighted by Gasteiger charge is 2.26. The molecular formula is C16H25FN4S. The Morgan fingerprint density at radius 3 is 2.59 bits per heavy atom. The second-order valence-corrected chi connectivity index (χ2v) is 6.98. The van der Waals surface area contributed by atoms with Gasteiger partial charge in [0, 0.05) is 36.9 Å². The molecule has 0 unspecified atom stereocenters. The molecule has 3 rings (SSSR count). The average Bonchev–Trinajstić information content (AvgIpc) is 3.10. The number of halogens is 1. The van der Waals surface area contributed by atoms with Crippen molar-refractivity contribution in [2.75, 3.05) is 19.8 Å². The van der Waals surface area contributed by atoms with E-state index in [2.05, 4.69) is 20.2 Å². The number of aromatic amines is 1. The van der Waals surface area contributed by atoms with Crippen LogP contribution in [-0.2, 0) is 0 Å². The van der Waals surface area contributed by atoms with Crippen LogP contribution in [0.25, 0.3) is 0 Å². The molecule has 22 heavy (non-hydrogen) atoms. The maximum Gasteiger partial charge on any atom is 0.169 e. The van der Waals surface area contributed by atoms with Gasteiger partial charge in [0.05, 0.1) is 13.0 Å². The minimum atomic E-state index is -0.168. The first-order valence-electron chi connectivity index (χ1n) is 8.36. The van der Waals surface area contributed by atoms with Crippen molar-refractivity contribution in [1.82, 2.24) is 20.2 Å². The Hall–Kier alpha value is -1.17. The summed E-state index contributed by atoms with van der Waals surface area (Å²) in [5.74, 6) is 0.846. The van der Waals surface area contributed by atoms with E-state index in [1.54, 1.807) is 6.33 Å². The van der Waals surface area contributed by atoms with Crippen molar-refractivity contribution < 1.29 is 4.39 Å². The predicted molar refractivity (Wildman–Crippen MR) is 89.6 cm³/mol. The Morgan fingerprint density at radius 1 is 1.27 bits per heavy atom. The summed E-state index contributed by atoms with van der Waals surface area (Å²) in [5, 5.41) is 4.38. The average molecular weight is 324 g/mol. The number of nitrogens with zero attached hydrogens (tertiary/aromatic N) is 2. The number of thiocarbonyl (C=S) groups is 1. The molecule has 2 N–H and O–H groups in total. The van der Waals surface area contributed by atoms with Crippen LogP contribution < -0.4 is 5.32 Å². The van der Waals surface area contributed by atoms with E-state index in [0.29, 0.717) is 12.0 Å². The molecule has 122 valence electrons. The number of imidazole rings is 1. The van der Waals surface area contributed by atoms with Gasteiger partial charge in [0.2, 0.25) is 0 Å². The topological polar surface area (TPSA) is 44.0 Å². The molecule has 1 aromatic heterocycles. The molecule has 2 heterocycles. The van der Waals surface area contributed by atoms with Gasteiger partial charge >= 0.3 is 0 Å². The fourth-order valence-electron chi connectivity index (χ4n) is 3.61. The number of rotatable bonds is 3. The highest BCUT2D eigenvalue weighted by atomic mass is 32.1. The maximum atomic E-state index is 12.7. The maximum absolute atomic E-state index is 12.7. The van der Waals surface area contributed by atoms with Crippen molar-refractivity contribution in [3.8, 4) is 0 Å². The number of hydrogen-bond donors (Lipinski definition) is 2. The fraction of sp³-hybridized carbons (Fsp3) is 0.750. The number of aromatic nitrogens is 2. The first-order valence-corrected chi connectivity index (χ1v) is 8.76. The van der Waals surface area contributed by atoms with Gasteiger partial charge in [0.1, 0.15) is 0 Å². The molecule has 1 saturated carbocycles. The van der Waals surface area contributed by atoms with Crippen molar-refractivity contribution >= 4 is 17.3 Å². The second kappa shape index (κ2) is 7.40. The largest absolute Gasteiger partial charge is 0.360 e. The molecule has 0 amide bonds. The Bertz CT molecular complexity index is 463. The minimum Gasteiger partial charge on any atom is -0.360 e. The number of H-pyrrole nitrogens is 1. The highest BCUT2D eigenvalue weighted by molar-refractivity contribution is 7.80. The first-order chi connectivity index (χ1) is 10.8. The lowest BCUT2D eigenvalue weighted by Gasteiger charge is -2.36. The molecule has 4 nitrogen and oxygen atoms in total. The number of likely N-dealkylation sites (tertiary alicyclic amines) is 1. The normalized spacial score (nSPS) is 26.9. The molecule has 0 bridgehead atoms. The molecule has 2 aliphatic rings. The van der Waals surface area contributed by atoms with Crippen molar-refractivity contribution in [2.45, 2.75) is 50.5 Å². The number of piperidine rings is 1. The predicted octanol–water partition coefficient (Wildman–Crippen LogP) is 2.99. The lowest BCUT2D eigenvalue weighted by molar-refractivity contribution is 0.248. The third kappa shape index (κ3) is 3.77. The van der Waals surface area contributed by atoms with Crippen LogP contribution in [0.3, 0.4) is 0 Å². The summed E-state index contributed by atoms with van der Waals surface area (Å²) in [6.07, 6.45) is 9.95. The van der Waals surface area contributed by atoms with Crippen molar-refractivity contribution in [1.29, 1.82) is 0 Å². The zero-order valence-corrected chi connectivity index (χ0v) is 13.7. The fourth-order valence-corrected chi connectivity index (χ4v) is 3.96. The van der Waals surface area contributed by atoms with Crippen LogP contribution in [-0.4, -0.2) is 45.8 Å². The van der Waals surface area contributed by atoms with E-state index in [9.17, 15) is 4.39 Å². The van der Waals surface area contributed by atoms with E-state index in [0.717, 1.165) is 56.7 Å². The summed E-state index contributed by atoms with van der Waals surface area (Å²) in [5.41, 5.74) is 1.24. The first kappa shape index (κ1) is 15.7. The van der Waals surface area contributed by atoms with Crippen LogP contribution >= 0.6 is 12.2 Å². The lowest BCUT2D eigenvalue weighted by atomic mass is 9.87. The Balaban J connectivity index is 1.42. The number of nitrogens with one attached hydrogen (secondary N) is 2. The summed E-state index contributed by atoms with van der Waals surface area (Å²) in [6, 6.07) is 0.431. The van der Waals surface area contributed by atoms with E-state index in [-0.39, 0.29) is 12.6 Å². The zero-order valence-electron chi connectivity index (χ0n) is 12.9. The molecule has 1 aliphatic heterocycles. The van der Waals surface area contributed by atoms with Crippen LogP contribution in [0.4, 0.5) is 4.39 Å². The summed E-state index contributed by atoms with van der Waals surface area (Å²) >= 11 is 5.57. The zero-order chi connectivity index (χ0) is 15.4. The highest BCUT2D eigenvalue weighted by Crippen LogP contribution is 2.27. The third-order valence-electron chi connectivity index (χ3n) is 5.13. The van der Waals surface area contributed by atoms with Gasteiger partial charge in [-0.15, -0.1) is 0 Å². The van der Waals surface area contributed by atoms with Crippen molar-refractivity contribution in [3.63, 3.8) is 0 Å². The van der Waals surface area contributed by atoms with E-state index in [1.165, 1.54) is 5.69 Å². The van der Waals surface area contributed by atoms with E-state index < -0.39 is 0 Å². The van der Waals surface area contributed by atoms with Crippen LogP contribution in [0.15, 0.2) is 12.5 Å². The van der Waals surface area contributed by atoms with Gasteiger partial charge < -0.3 is 15.2 Å². The molecule has 1 saturated heterocycles. The van der Waals surface area contributed by atoms with Gasteiger partial charge in [-0.3, -0.25) is 4.39 Å². The summed E-state index contributed by atoms with van der Waals surface area (Å²) in [4.78, 5) is 9.61. The molecule has 1 aromatic rings. The Labute approximate surface area is 136 Å². The van der Waals surface area contributed by atoms with Gasteiger partial charge in [0.25, 0.3) is 0 Å². The molecule has 0 spiro atoms. The number of hydrogen-bond acceptors (Lipinski definition) is 2. The van der Waals surface area contributed by atoms with E-state index in [4.69, 9.17) is 12.2 Å². The Morgan fingerprint density at radius 2 is 2.00 bits per heavy atom. The second-order valence-electron chi connectivity index (χ2n) is 6.59. The van der Waals surface area contributed by atoms with Gasteiger partial charge in [-0.2, -0.15) is 0 Å². The van der Waals surface area contributed by atoms with Gasteiger partial charge in [0.15, 0.2) is 5.11 Å². The summed E-state index contributed by atoms with van der Waals surface area (Å²) < 4.78 is 12.7. The van der Waals surface area contributed by atoms with Crippen LogP contribution in [0.5, 0.6) is 0 Å². The molecule has 0 atom stereocenters. The molecule has 1 aliphatic carbocycles. The van der Waals surface area contributed by atoms with Crippen LogP contribution in [0, 0.1) is 5.92 Å². The van der Waals surface area contributed by atoms with Gasteiger partial charge in [-0.05, 0) is 56.7 Å². The molecule has 2 fully saturated rings. The molecule has 0 radical (unpaired) electrons.